The van der Waals surface area contributed by atoms with Gasteiger partial charge in [0.15, 0.2) is 17.3 Å². The monoisotopic (exact) mass is 442 g/mol. The smallest absolute Gasteiger partial charge is 0.231 e. The van der Waals surface area contributed by atoms with Crippen LogP contribution in [0.3, 0.4) is 0 Å². The first-order chi connectivity index (χ1) is 16.2. The van der Waals surface area contributed by atoms with Crippen molar-refractivity contribution in [1.29, 1.82) is 0 Å². The van der Waals surface area contributed by atoms with Crippen molar-refractivity contribution in [3.8, 4) is 11.5 Å². The van der Waals surface area contributed by atoms with Crippen LogP contribution in [0.1, 0.15) is 39.5 Å². The first kappa shape index (κ1) is 20.2. The van der Waals surface area contributed by atoms with Crippen LogP contribution in [-0.2, 0) is 13.0 Å². The number of piperazine rings is 1. The molecule has 0 radical (unpaired) electrons. The number of benzene rings is 2. The number of carbonyl (C=O) groups is 1. The van der Waals surface area contributed by atoms with E-state index in [0.717, 1.165) is 62.3 Å². The molecule has 0 saturated carbocycles. The Hall–Kier alpha value is -3.45. The zero-order valence-corrected chi connectivity index (χ0v) is 18.4. The molecule has 0 amide bonds. The Morgan fingerprint density at radius 1 is 0.939 bits per heavy atom. The molecule has 2 aliphatic heterocycles. The predicted octanol–water partition coefficient (Wildman–Crippen LogP) is 3.44. The molecule has 7 heteroatoms. The maximum Gasteiger partial charge on any atom is 0.231 e. The molecule has 1 atom stereocenters. The number of anilines is 1. The number of fused-ring (bicyclic) bond motifs is 2. The number of Topliss-reactive ketones (excluding diaryl/α,β-unsaturated/α-hetero) is 1. The highest BCUT2D eigenvalue weighted by Gasteiger charge is 2.29. The van der Waals surface area contributed by atoms with Crippen LogP contribution in [-0.4, -0.2) is 53.6 Å². The minimum atomic E-state index is 0.144. The molecule has 2 aromatic carbocycles. The third-order valence-electron chi connectivity index (χ3n) is 6.80. The van der Waals surface area contributed by atoms with Crippen LogP contribution < -0.4 is 14.4 Å². The second-order valence-electron chi connectivity index (χ2n) is 8.92. The Balaban J connectivity index is 1.12. The van der Waals surface area contributed by atoms with Crippen LogP contribution in [0.5, 0.6) is 11.5 Å². The molecule has 0 N–H and O–H groups in total. The molecule has 1 fully saturated rings. The van der Waals surface area contributed by atoms with Crippen LogP contribution in [0.15, 0.2) is 54.7 Å². The van der Waals surface area contributed by atoms with Gasteiger partial charge in [0.25, 0.3) is 0 Å². The summed E-state index contributed by atoms with van der Waals surface area (Å²) in [4.78, 5) is 26.8. The highest BCUT2D eigenvalue weighted by molar-refractivity contribution is 5.98. The molecule has 3 heterocycles. The van der Waals surface area contributed by atoms with Gasteiger partial charge in [0, 0.05) is 45.3 Å². The zero-order valence-electron chi connectivity index (χ0n) is 18.4. The highest BCUT2D eigenvalue weighted by atomic mass is 16.7. The van der Waals surface area contributed by atoms with E-state index >= 15 is 0 Å². The van der Waals surface area contributed by atoms with E-state index in [0.29, 0.717) is 18.8 Å². The normalized spacial score (nSPS) is 20.1. The van der Waals surface area contributed by atoms with E-state index in [1.807, 2.05) is 24.3 Å². The lowest BCUT2D eigenvalue weighted by molar-refractivity contribution is 0.0962. The molecule has 6 rings (SSSR count). The van der Waals surface area contributed by atoms with E-state index < -0.39 is 0 Å². The quantitative estimate of drug-likeness (QED) is 0.613. The molecule has 0 spiro atoms. The van der Waals surface area contributed by atoms with Crippen molar-refractivity contribution >= 4 is 11.7 Å². The van der Waals surface area contributed by atoms with Gasteiger partial charge in [0.2, 0.25) is 12.7 Å². The molecule has 0 bridgehead atoms. The summed E-state index contributed by atoms with van der Waals surface area (Å²) in [5.74, 6) is 2.72. The Kier molecular flexibility index (Phi) is 5.19. The molecule has 1 aromatic heterocycles. The maximum atomic E-state index is 12.7. The van der Waals surface area contributed by atoms with E-state index in [9.17, 15) is 4.79 Å². The molecule has 3 aliphatic rings. The molecule has 168 valence electrons. The second kappa shape index (κ2) is 8.48. The molecule has 7 nitrogen and oxygen atoms in total. The van der Waals surface area contributed by atoms with Gasteiger partial charge in [-0.3, -0.25) is 9.69 Å². The number of rotatable bonds is 4. The second-order valence-corrected chi connectivity index (χ2v) is 8.92. The number of nitrogens with zero attached hydrogens (tertiary/aromatic N) is 4. The van der Waals surface area contributed by atoms with Gasteiger partial charge in [0.05, 0.1) is 11.3 Å². The standard InChI is InChI=1S/C26H26N4O3/c31-23-14-20(19-4-2-1-3-5-19)13-22-21(23)15-27-26(28-22)30-10-8-29(9-11-30)16-18-6-7-24-25(12-18)33-17-32-24/h1-7,12,15,20H,8-11,13-14,16-17H2/t20-/m1/s1. The first-order valence-corrected chi connectivity index (χ1v) is 11.5. The summed E-state index contributed by atoms with van der Waals surface area (Å²) in [7, 11) is 0. The van der Waals surface area contributed by atoms with E-state index in [4.69, 9.17) is 14.5 Å². The average Bonchev–Trinajstić information content (AvgIpc) is 3.33. The van der Waals surface area contributed by atoms with Crippen LogP contribution in [0.4, 0.5) is 5.95 Å². The third-order valence-corrected chi connectivity index (χ3v) is 6.80. The van der Waals surface area contributed by atoms with Gasteiger partial charge in [-0.25, -0.2) is 9.97 Å². The van der Waals surface area contributed by atoms with Gasteiger partial charge in [-0.15, -0.1) is 0 Å². The van der Waals surface area contributed by atoms with Gasteiger partial charge in [0.1, 0.15) is 0 Å². The first-order valence-electron chi connectivity index (χ1n) is 11.5. The van der Waals surface area contributed by atoms with Crippen molar-refractivity contribution in [2.75, 3.05) is 37.9 Å². The van der Waals surface area contributed by atoms with Gasteiger partial charge in [-0.1, -0.05) is 36.4 Å². The molecule has 1 aliphatic carbocycles. The van der Waals surface area contributed by atoms with Gasteiger partial charge < -0.3 is 14.4 Å². The van der Waals surface area contributed by atoms with Gasteiger partial charge >= 0.3 is 0 Å². The van der Waals surface area contributed by atoms with Crippen LogP contribution in [0, 0.1) is 0 Å². The zero-order chi connectivity index (χ0) is 22.2. The van der Waals surface area contributed by atoms with E-state index in [2.05, 4.69) is 39.0 Å². The van der Waals surface area contributed by atoms with E-state index in [-0.39, 0.29) is 11.7 Å². The fourth-order valence-electron chi connectivity index (χ4n) is 4.95. The van der Waals surface area contributed by atoms with Gasteiger partial charge in [-0.05, 0) is 35.6 Å². The summed E-state index contributed by atoms with van der Waals surface area (Å²) >= 11 is 0. The number of carbonyl (C=O) groups excluding carboxylic acids is 1. The van der Waals surface area contributed by atoms with E-state index in [1.54, 1.807) is 6.20 Å². The average molecular weight is 443 g/mol. The van der Waals surface area contributed by atoms with Crippen molar-refractivity contribution in [2.24, 2.45) is 0 Å². The Morgan fingerprint density at radius 2 is 1.76 bits per heavy atom. The fourth-order valence-corrected chi connectivity index (χ4v) is 4.95. The lowest BCUT2D eigenvalue weighted by Crippen LogP contribution is -2.46. The van der Waals surface area contributed by atoms with Crippen LogP contribution >= 0.6 is 0 Å². The van der Waals surface area contributed by atoms with Crippen molar-refractivity contribution in [3.05, 3.63) is 77.1 Å². The summed E-state index contributed by atoms with van der Waals surface area (Å²) in [6.45, 7) is 4.76. The lowest BCUT2D eigenvalue weighted by Gasteiger charge is -2.35. The number of ketones is 1. The lowest BCUT2D eigenvalue weighted by atomic mass is 9.82. The number of aromatic nitrogens is 2. The van der Waals surface area contributed by atoms with Crippen LogP contribution in [0.2, 0.25) is 0 Å². The summed E-state index contributed by atoms with van der Waals surface area (Å²) < 4.78 is 10.9. The third kappa shape index (κ3) is 4.04. The summed E-state index contributed by atoms with van der Waals surface area (Å²) in [5.41, 5.74) is 4.00. The number of hydrogen-bond donors (Lipinski definition) is 0. The number of hydrogen-bond acceptors (Lipinski definition) is 7. The van der Waals surface area contributed by atoms with Crippen molar-refractivity contribution in [3.63, 3.8) is 0 Å². The largest absolute Gasteiger partial charge is 0.454 e. The van der Waals surface area contributed by atoms with Crippen molar-refractivity contribution in [1.82, 2.24) is 14.9 Å². The maximum absolute atomic E-state index is 12.7. The Labute approximate surface area is 193 Å². The molecule has 33 heavy (non-hydrogen) atoms. The summed E-state index contributed by atoms with van der Waals surface area (Å²) in [5, 5.41) is 0. The Bertz CT molecular complexity index is 1180. The summed E-state index contributed by atoms with van der Waals surface area (Å²) in [6, 6.07) is 16.4. The molecule has 0 unspecified atom stereocenters. The SMILES string of the molecule is O=C1C[C@H](c2ccccc2)Cc2nc(N3CCN(Cc4ccc5c(c4)OCO5)CC3)ncc21. The van der Waals surface area contributed by atoms with Crippen molar-refractivity contribution < 1.29 is 14.3 Å². The van der Waals surface area contributed by atoms with Gasteiger partial charge in [-0.2, -0.15) is 0 Å². The summed E-state index contributed by atoms with van der Waals surface area (Å²) in [6.07, 6.45) is 3.04. The fraction of sp³-hybridized carbons (Fsp3) is 0.346. The molecular formula is C26H26N4O3. The van der Waals surface area contributed by atoms with E-state index in [1.165, 1.54) is 11.1 Å². The van der Waals surface area contributed by atoms with Crippen LogP contribution in [0.25, 0.3) is 0 Å². The van der Waals surface area contributed by atoms with Crippen molar-refractivity contribution in [2.45, 2.75) is 25.3 Å². The Morgan fingerprint density at radius 3 is 2.61 bits per heavy atom. The molecule has 1 saturated heterocycles. The minimum absolute atomic E-state index is 0.144. The topological polar surface area (TPSA) is 67.8 Å². The molecular weight excluding hydrogens is 416 g/mol. The highest BCUT2D eigenvalue weighted by Crippen LogP contribution is 2.34. The minimum Gasteiger partial charge on any atom is -0.454 e. The molecule has 3 aromatic rings. The predicted molar refractivity (Wildman–Crippen MR) is 124 cm³/mol. The number of ether oxygens (including phenoxy) is 2.